The van der Waals surface area contributed by atoms with Crippen molar-refractivity contribution in [1.82, 2.24) is 10.3 Å². The minimum atomic E-state index is 0.274. The molecule has 0 aliphatic rings. The molecule has 5 heteroatoms. The van der Waals surface area contributed by atoms with Gasteiger partial charge in [-0.25, -0.2) is 4.98 Å². The number of aryl methyl sites for hydroxylation is 1. The van der Waals surface area contributed by atoms with Gasteiger partial charge < -0.3 is 5.32 Å². The molecular weight excluding hydrogens is 316 g/mol. The molecule has 0 fully saturated rings. The number of rotatable bonds is 5. The van der Waals surface area contributed by atoms with Gasteiger partial charge in [0.25, 0.3) is 0 Å². The molecule has 0 amide bonds. The Bertz CT molecular complexity index is 478. The van der Waals surface area contributed by atoms with Crippen LogP contribution in [0.3, 0.4) is 0 Å². The predicted octanol–water partition coefficient (Wildman–Crippen LogP) is 4.36. The van der Waals surface area contributed by atoms with E-state index < -0.39 is 0 Å². The number of hydrogen-bond donors (Lipinski definition) is 1. The second-order valence-corrected chi connectivity index (χ2v) is 6.87. The highest BCUT2D eigenvalue weighted by atomic mass is 79.9. The molecule has 1 unspecified atom stereocenters. The maximum Gasteiger partial charge on any atom is 0.0897 e. The highest BCUT2D eigenvalue weighted by molar-refractivity contribution is 9.10. The quantitative estimate of drug-likeness (QED) is 0.880. The second kappa shape index (κ2) is 6.09. The summed E-state index contributed by atoms with van der Waals surface area (Å²) >= 11 is 7.16. The summed E-state index contributed by atoms with van der Waals surface area (Å²) in [5.74, 6) is 0. The molecule has 0 aliphatic carbocycles. The fraction of sp³-hybridized carbons (Fsp3) is 0.417. The third-order valence-corrected chi connectivity index (χ3v) is 5.34. The summed E-state index contributed by atoms with van der Waals surface area (Å²) in [5.41, 5.74) is 0. The van der Waals surface area contributed by atoms with Crippen LogP contribution in [0.2, 0.25) is 0 Å². The first-order chi connectivity index (χ1) is 8.22. The van der Waals surface area contributed by atoms with E-state index in [0.29, 0.717) is 0 Å². The molecule has 92 valence electrons. The predicted molar refractivity (Wildman–Crippen MR) is 79.0 cm³/mol. The standard InChI is InChI=1S/C12H15BrN2S2/c1-3-5-14-11(10-7-15-8(2)17-10)12-9(13)4-6-16-12/h4,6-7,11,14H,3,5H2,1-2H3. The fourth-order valence-corrected chi connectivity index (χ4v) is 4.27. The van der Waals surface area contributed by atoms with Crippen LogP contribution in [0.1, 0.15) is 34.1 Å². The van der Waals surface area contributed by atoms with Crippen molar-refractivity contribution >= 4 is 38.6 Å². The number of nitrogens with one attached hydrogen (secondary N) is 1. The van der Waals surface area contributed by atoms with Crippen LogP contribution in [0.15, 0.2) is 22.1 Å². The van der Waals surface area contributed by atoms with Crippen LogP contribution in [0, 0.1) is 6.92 Å². The van der Waals surface area contributed by atoms with Crippen LogP contribution in [0.25, 0.3) is 0 Å². The minimum absolute atomic E-state index is 0.274. The van der Waals surface area contributed by atoms with Gasteiger partial charge in [-0.2, -0.15) is 0 Å². The first-order valence-electron chi connectivity index (χ1n) is 5.61. The van der Waals surface area contributed by atoms with E-state index >= 15 is 0 Å². The summed E-state index contributed by atoms with van der Waals surface area (Å²) in [5, 5.41) is 6.83. The van der Waals surface area contributed by atoms with Gasteiger partial charge in [0.1, 0.15) is 0 Å². The van der Waals surface area contributed by atoms with Crippen molar-refractivity contribution in [3.63, 3.8) is 0 Å². The number of hydrogen-bond acceptors (Lipinski definition) is 4. The highest BCUT2D eigenvalue weighted by Gasteiger charge is 2.19. The molecule has 0 saturated carbocycles. The third-order valence-electron chi connectivity index (χ3n) is 2.43. The zero-order valence-electron chi connectivity index (χ0n) is 9.87. The van der Waals surface area contributed by atoms with Crippen LogP contribution in [0.5, 0.6) is 0 Å². The van der Waals surface area contributed by atoms with E-state index in [1.54, 1.807) is 22.7 Å². The third kappa shape index (κ3) is 3.16. The Labute approximate surface area is 118 Å². The van der Waals surface area contributed by atoms with Gasteiger partial charge in [-0.05, 0) is 47.3 Å². The van der Waals surface area contributed by atoms with Crippen molar-refractivity contribution in [2.24, 2.45) is 0 Å². The number of thiazole rings is 1. The molecule has 0 spiro atoms. The van der Waals surface area contributed by atoms with Gasteiger partial charge in [0.15, 0.2) is 0 Å². The van der Waals surface area contributed by atoms with Crippen LogP contribution in [-0.2, 0) is 0 Å². The summed E-state index contributed by atoms with van der Waals surface area (Å²) in [6.45, 7) is 5.26. The molecule has 0 aliphatic heterocycles. The van der Waals surface area contributed by atoms with Crippen molar-refractivity contribution in [1.29, 1.82) is 0 Å². The number of halogens is 1. The van der Waals surface area contributed by atoms with Gasteiger partial charge in [0, 0.05) is 20.4 Å². The molecule has 0 bridgehead atoms. The number of aromatic nitrogens is 1. The summed E-state index contributed by atoms with van der Waals surface area (Å²) in [4.78, 5) is 6.98. The van der Waals surface area contributed by atoms with Gasteiger partial charge in [-0.3, -0.25) is 0 Å². The average Bonchev–Trinajstić information content (AvgIpc) is 2.90. The lowest BCUT2D eigenvalue weighted by molar-refractivity contribution is 0.611. The monoisotopic (exact) mass is 330 g/mol. The molecular formula is C12H15BrN2S2. The summed E-state index contributed by atoms with van der Waals surface area (Å²) in [6, 6.07) is 2.38. The van der Waals surface area contributed by atoms with Crippen molar-refractivity contribution in [3.8, 4) is 0 Å². The van der Waals surface area contributed by atoms with Crippen LogP contribution in [-0.4, -0.2) is 11.5 Å². The first kappa shape index (κ1) is 13.2. The molecule has 2 aromatic rings. The summed E-state index contributed by atoms with van der Waals surface area (Å²) in [6.07, 6.45) is 3.12. The van der Waals surface area contributed by atoms with Crippen LogP contribution < -0.4 is 5.32 Å². The Hall–Kier alpha value is -0.230. The van der Waals surface area contributed by atoms with E-state index in [1.807, 2.05) is 6.20 Å². The SMILES string of the molecule is CCCNC(c1cnc(C)s1)c1sccc1Br. The van der Waals surface area contributed by atoms with E-state index in [2.05, 4.69) is 51.5 Å². The molecule has 2 heterocycles. The van der Waals surface area contributed by atoms with Crippen molar-refractivity contribution < 1.29 is 0 Å². The van der Waals surface area contributed by atoms with Crippen LogP contribution >= 0.6 is 38.6 Å². The van der Waals surface area contributed by atoms with Crippen LogP contribution in [0.4, 0.5) is 0 Å². The van der Waals surface area contributed by atoms with Gasteiger partial charge in [0.05, 0.1) is 11.0 Å². The van der Waals surface area contributed by atoms with Gasteiger partial charge in [-0.1, -0.05) is 6.92 Å². The Morgan fingerprint density at radius 3 is 2.88 bits per heavy atom. The van der Waals surface area contributed by atoms with Crippen molar-refractivity contribution in [3.05, 3.63) is 36.9 Å². The average molecular weight is 331 g/mol. The molecule has 2 nitrogen and oxygen atoms in total. The molecule has 1 N–H and O–H groups in total. The second-order valence-electron chi connectivity index (χ2n) is 3.80. The maximum atomic E-state index is 4.35. The lowest BCUT2D eigenvalue weighted by Crippen LogP contribution is -2.21. The van der Waals surface area contributed by atoms with Gasteiger partial charge in [0.2, 0.25) is 0 Å². The summed E-state index contributed by atoms with van der Waals surface area (Å²) < 4.78 is 1.18. The molecule has 0 aromatic carbocycles. The van der Waals surface area contributed by atoms with Crippen molar-refractivity contribution in [2.45, 2.75) is 26.3 Å². The van der Waals surface area contributed by atoms with E-state index in [4.69, 9.17) is 0 Å². The van der Waals surface area contributed by atoms with E-state index in [9.17, 15) is 0 Å². The Morgan fingerprint density at radius 1 is 1.53 bits per heavy atom. The van der Waals surface area contributed by atoms with E-state index in [0.717, 1.165) is 18.0 Å². The molecule has 17 heavy (non-hydrogen) atoms. The Balaban J connectivity index is 2.28. The summed E-state index contributed by atoms with van der Waals surface area (Å²) in [7, 11) is 0. The lowest BCUT2D eigenvalue weighted by Gasteiger charge is -2.15. The molecule has 2 aromatic heterocycles. The highest BCUT2D eigenvalue weighted by Crippen LogP contribution is 2.35. The molecule has 2 rings (SSSR count). The van der Waals surface area contributed by atoms with Gasteiger partial charge in [-0.15, -0.1) is 22.7 Å². The van der Waals surface area contributed by atoms with Gasteiger partial charge >= 0.3 is 0 Å². The van der Waals surface area contributed by atoms with Crippen molar-refractivity contribution in [2.75, 3.05) is 6.54 Å². The van der Waals surface area contributed by atoms with E-state index in [1.165, 1.54) is 14.2 Å². The largest absolute Gasteiger partial charge is 0.305 e. The molecule has 1 atom stereocenters. The lowest BCUT2D eigenvalue weighted by atomic mass is 10.2. The Morgan fingerprint density at radius 2 is 2.35 bits per heavy atom. The topological polar surface area (TPSA) is 24.9 Å². The van der Waals surface area contributed by atoms with E-state index in [-0.39, 0.29) is 6.04 Å². The zero-order chi connectivity index (χ0) is 12.3. The smallest absolute Gasteiger partial charge is 0.0897 e. The number of thiophene rings is 1. The molecule has 0 radical (unpaired) electrons. The fourth-order valence-electron chi connectivity index (χ4n) is 1.63. The maximum absolute atomic E-state index is 4.35. The molecule has 0 saturated heterocycles. The Kier molecular flexibility index (Phi) is 4.73. The first-order valence-corrected chi connectivity index (χ1v) is 8.10. The zero-order valence-corrected chi connectivity index (χ0v) is 13.1. The number of nitrogens with zero attached hydrogens (tertiary/aromatic N) is 1. The minimum Gasteiger partial charge on any atom is -0.305 e. The normalized spacial score (nSPS) is 12.9.